The number of hydrogen-bond acceptors (Lipinski definition) is 5. The van der Waals surface area contributed by atoms with Gasteiger partial charge in [-0.1, -0.05) is 6.07 Å². The van der Waals surface area contributed by atoms with Gasteiger partial charge in [-0.3, -0.25) is 10.2 Å². The Morgan fingerprint density at radius 1 is 1.12 bits per heavy atom. The molecule has 3 N–H and O–H groups in total. The van der Waals surface area contributed by atoms with Gasteiger partial charge in [0.15, 0.2) is 5.82 Å². The topological polar surface area (TPSA) is 91.5 Å². The lowest BCUT2D eigenvalue weighted by molar-refractivity contribution is 0.415. The summed E-state index contributed by atoms with van der Waals surface area (Å²) in [5.41, 5.74) is 2.73. The van der Waals surface area contributed by atoms with Crippen LogP contribution in [0.2, 0.25) is 0 Å². The number of pyridine rings is 1. The molecule has 0 amide bonds. The molecule has 0 spiro atoms. The molecule has 120 valence electrons. The van der Waals surface area contributed by atoms with Crippen molar-refractivity contribution in [3.63, 3.8) is 0 Å². The molecule has 0 aliphatic carbocycles. The van der Waals surface area contributed by atoms with E-state index in [9.17, 15) is 0 Å². The summed E-state index contributed by atoms with van der Waals surface area (Å²) < 4.78 is 5.34. The summed E-state index contributed by atoms with van der Waals surface area (Å²) in [6.07, 6.45) is 3.58. The molecule has 4 aromatic rings. The molecule has 0 aliphatic heterocycles. The van der Waals surface area contributed by atoms with Crippen LogP contribution >= 0.6 is 0 Å². The van der Waals surface area contributed by atoms with Gasteiger partial charge in [0.1, 0.15) is 11.6 Å². The normalized spacial score (nSPS) is 10.9. The summed E-state index contributed by atoms with van der Waals surface area (Å²) in [5.74, 6) is 2.24. The summed E-state index contributed by atoms with van der Waals surface area (Å²) in [6, 6.07) is 9.84. The number of H-pyrrole nitrogens is 2. The molecule has 0 radical (unpaired) electrons. The van der Waals surface area contributed by atoms with Crippen molar-refractivity contribution in [1.29, 1.82) is 0 Å². The fraction of sp³-hybridized carbons (Fsp3) is 0.118. The molecule has 24 heavy (non-hydrogen) atoms. The van der Waals surface area contributed by atoms with Gasteiger partial charge in [0.25, 0.3) is 0 Å². The zero-order valence-electron chi connectivity index (χ0n) is 13.3. The third kappa shape index (κ3) is 2.56. The molecule has 7 heteroatoms. The van der Waals surface area contributed by atoms with Crippen molar-refractivity contribution in [3.8, 4) is 17.0 Å². The van der Waals surface area contributed by atoms with Gasteiger partial charge < -0.3 is 10.1 Å². The molecule has 0 aliphatic rings. The number of aromatic amines is 2. The van der Waals surface area contributed by atoms with Gasteiger partial charge in [-0.25, -0.2) is 4.98 Å². The first-order chi connectivity index (χ1) is 11.7. The maximum absolute atomic E-state index is 5.34. The molecule has 0 fully saturated rings. The molecule has 0 atom stereocenters. The second-order valence-corrected chi connectivity index (χ2v) is 5.49. The fourth-order valence-corrected chi connectivity index (χ4v) is 2.63. The van der Waals surface area contributed by atoms with E-state index in [4.69, 9.17) is 9.72 Å². The van der Waals surface area contributed by atoms with Gasteiger partial charge in [-0.15, -0.1) is 0 Å². The Bertz CT molecular complexity index is 990. The smallest absolute Gasteiger partial charge is 0.153 e. The van der Waals surface area contributed by atoms with Crippen LogP contribution in [-0.2, 0) is 0 Å². The highest BCUT2D eigenvalue weighted by Crippen LogP contribution is 2.32. The predicted octanol–water partition coefficient (Wildman–Crippen LogP) is 3.41. The Hall–Kier alpha value is -3.35. The number of hydrogen-bond donors (Lipinski definition) is 3. The lowest BCUT2D eigenvalue weighted by Crippen LogP contribution is -1.97. The highest BCUT2D eigenvalue weighted by atomic mass is 16.5. The van der Waals surface area contributed by atoms with Crippen LogP contribution < -0.4 is 10.1 Å². The number of aromatic nitrogens is 5. The van der Waals surface area contributed by atoms with Crippen LogP contribution in [0.3, 0.4) is 0 Å². The quantitative estimate of drug-likeness (QED) is 0.536. The van der Waals surface area contributed by atoms with Gasteiger partial charge in [-0.05, 0) is 30.5 Å². The first kappa shape index (κ1) is 14.3. The maximum atomic E-state index is 5.34. The minimum absolute atomic E-state index is 0.718. The predicted molar refractivity (Wildman–Crippen MR) is 92.5 cm³/mol. The van der Waals surface area contributed by atoms with Gasteiger partial charge in [0, 0.05) is 28.9 Å². The highest BCUT2D eigenvalue weighted by molar-refractivity contribution is 5.97. The summed E-state index contributed by atoms with van der Waals surface area (Å²) in [5, 5.41) is 19.3. The van der Waals surface area contributed by atoms with Crippen LogP contribution in [-0.4, -0.2) is 32.5 Å². The first-order valence-electron chi connectivity index (χ1n) is 7.50. The van der Waals surface area contributed by atoms with Crippen LogP contribution in [0.15, 0.2) is 42.7 Å². The minimum atomic E-state index is 0.718. The van der Waals surface area contributed by atoms with Crippen LogP contribution in [0.1, 0.15) is 5.69 Å². The number of methoxy groups -OCH3 is 1. The monoisotopic (exact) mass is 320 g/mol. The van der Waals surface area contributed by atoms with Crippen molar-refractivity contribution in [2.45, 2.75) is 6.92 Å². The molecule has 0 saturated heterocycles. The Morgan fingerprint density at radius 2 is 2.04 bits per heavy atom. The van der Waals surface area contributed by atoms with E-state index in [-0.39, 0.29) is 0 Å². The van der Waals surface area contributed by atoms with Crippen molar-refractivity contribution < 1.29 is 4.74 Å². The summed E-state index contributed by atoms with van der Waals surface area (Å²) in [6.45, 7) is 1.95. The van der Waals surface area contributed by atoms with E-state index in [1.807, 2.05) is 43.5 Å². The van der Waals surface area contributed by atoms with Crippen LogP contribution in [0.25, 0.3) is 22.0 Å². The number of anilines is 2. The van der Waals surface area contributed by atoms with E-state index in [1.54, 1.807) is 13.3 Å². The lowest BCUT2D eigenvalue weighted by atomic mass is 10.1. The van der Waals surface area contributed by atoms with Crippen molar-refractivity contribution in [2.24, 2.45) is 0 Å². The average molecular weight is 320 g/mol. The molecule has 7 nitrogen and oxygen atoms in total. The third-order valence-electron chi connectivity index (χ3n) is 3.77. The lowest BCUT2D eigenvalue weighted by Gasteiger charge is -2.10. The summed E-state index contributed by atoms with van der Waals surface area (Å²) in [7, 11) is 1.65. The largest absolute Gasteiger partial charge is 0.497 e. The average Bonchev–Trinajstić information content (AvgIpc) is 3.25. The fourth-order valence-electron chi connectivity index (χ4n) is 2.63. The molecule has 1 aromatic carbocycles. The van der Waals surface area contributed by atoms with Crippen LogP contribution in [0, 0.1) is 6.92 Å². The first-order valence-corrected chi connectivity index (χ1v) is 7.50. The second kappa shape index (κ2) is 5.69. The van der Waals surface area contributed by atoms with Crippen molar-refractivity contribution in [2.75, 3.05) is 12.4 Å². The van der Waals surface area contributed by atoms with Crippen LogP contribution in [0.4, 0.5) is 11.6 Å². The van der Waals surface area contributed by atoms with Gasteiger partial charge in [-0.2, -0.15) is 10.2 Å². The number of nitrogens with zero attached hydrogens (tertiary/aromatic N) is 3. The maximum Gasteiger partial charge on any atom is 0.153 e. The third-order valence-corrected chi connectivity index (χ3v) is 3.77. The van der Waals surface area contributed by atoms with Gasteiger partial charge >= 0.3 is 0 Å². The SMILES string of the molecule is COc1ccc2cc(Nc3cc(C)[nH]n3)nc(-c3cn[nH]c3)c2c1. The van der Waals surface area contributed by atoms with Gasteiger partial charge in [0.05, 0.1) is 19.0 Å². The molecular formula is C17H16N6O. The number of aryl methyl sites for hydroxylation is 1. The molecule has 3 aromatic heterocycles. The molecule has 0 saturated carbocycles. The molecule has 0 bridgehead atoms. The Kier molecular flexibility index (Phi) is 3.38. The number of ether oxygens (including phenoxy) is 1. The Labute approximate surface area is 138 Å². The zero-order valence-corrected chi connectivity index (χ0v) is 13.3. The zero-order chi connectivity index (χ0) is 16.5. The number of rotatable bonds is 4. The van der Waals surface area contributed by atoms with Crippen molar-refractivity contribution in [1.82, 2.24) is 25.4 Å². The van der Waals surface area contributed by atoms with E-state index in [0.717, 1.165) is 45.1 Å². The van der Waals surface area contributed by atoms with Crippen molar-refractivity contribution in [3.05, 3.63) is 48.4 Å². The van der Waals surface area contributed by atoms with Crippen LogP contribution in [0.5, 0.6) is 5.75 Å². The number of benzene rings is 1. The molecule has 0 unspecified atom stereocenters. The summed E-state index contributed by atoms with van der Waals surface area (Å²) in [4.78, 5) is 4.74. The van der Waals surface area contributed by atoms with E-state index < -0.39 is 0 Å². The second-order valence-electron chi connectivity index (χ2n) is 5.49. The van der Waals surface area contributed by atoms with Crippen molar-refractivity contribution >= 4 is 22.4 Å². The highest BCUT2D eigenvalue weighted by Gasteiger charge is 2.11. The number of nitrogens with one attached hydrogen (secondary N) is 3. The standard InChI is InChI=1S/C17H16N6O/c1-10-5-16(23-22-10)20-15-6-11-3-4-13(24-2)7-14(11)17(21-15)12-8-18-19-9-12/h3-9H,1-2H3,(H,18,19)(H2,20,21,22,23). The van der Waals surface area contributed by atoms with E-state index in [1.165, 1.54) is 0 Å². The Balaban J connectivity index is 1.87. The Morgan fingerprint density at radius 3 is 2.75 bits per heavy atom. The number of fused-ring (bicyclic) bond motifs is 1. The minimum Gasteiger partial charge on any atom is -0.497 e. The molecule has 4 rings (SSSR count). The van der Waals surface area contributed by atoms with Gasteiger partial charge in [0.2, 0.25) is 0 Å². The summed E-state index contributed by atoms with van der Waals surface area (Å²) >= 11 is 0. The van der Waals surface area contributed by atoms with E-state index in [2.05, 4.69) is 25.7 Å². The van der Waals surface area contributed by atoms with E-state index in [0.29, 0.717) is 0 Å². The van der Waals surface area contributed by atoms with E-state index >= 15 is 0 Å². The molecular weight excluding hydrogens is 304 g/mol. The molecule has 3 heterocycles.